The summed E-state index contributed by atoms with van der Waals surface area (Å²) in [5.41, 5.74) is -0.0243. The molecular weight excluding hydrogens is 178 g/mol. The van der Waals surface area contributed by atoms with E-state index < -0.39 is 0 Å². The van der Waals surface area contributed by atoms with E-state index in [4.69, 9.17) is 9.47 Å². The summed E-state index contributed by atoms with van der Waals surface area (Å²) >= 11 is 0. The standard InChI is InChI=1S/C11H21NO2/c1-13-9-11(6-2-3-8-14-11)10-5-4-7-12-10/h10,12H,2-9H2,1H3. The van der Waals surface area contributed by atoms with Crippen molar-refractivity contribution in [1.82, 2.24) is 5.32 Å². The molecule has 0 spiro atoms. The Morgan fingerprint density at radius 2 is 2.36 bits per heavy atom. The molecule has 2 heterocycles. The minimum absolute atomic E-state index is 0.0243. The summed E-state index contributed by atoms with van der Waals surface area (Å²) < 4.78 is 11.3. The zero-order valence-corrected chi connectivity index (χ0v) is 9.05. The summed E-state index contributed by atoms with van der Waals surface area (Å²) in [6.07, 6.45) is 6.15. The van der Waals surface area contributed by atoms with E-state index in [0.717, 1.165) is 26.2 Å². The van der Waals surface area contributed by atoms with Crippen molar-refractivity contribution in [1.29, 1.82) is 0 Å². The van der Waals surface area contributed by atoms with Crippen molar-refractivity contribution in [3.8, 4) is 0 Å². The smallest absolute Gasteiger partial charge is 0.107 e. The van der Waals surface area contributed by atoms with Crippen molar-refractivity contribution in [2.24, 2.45) is 0 Å². The van der Waals surface area contributed by atoms with Crippen molar-refractivity contribution in [2.45, 2.75) is 43.7 Å². The van der Waals surface area contributed by atoms with E-state index in [0.29, 0.717) is 6.04 Å². The van der Waals surface area contributed by atoms with Gasteiger partial charge in [-0.25, -0.2) is 0 Å². The molecule has 0 amide bonds. The van der Waals surface area contributed by atoms with Gasteiger partial charge in [0.25, 0.3) is 0 Å². The number of hydrogen-bond donors (Lipinski definition) is 1. The van der Waals surface area contributed by atoms with Gasteiger partial charge >= 0.3 is 0 Å². The number of nitrogens with one attached hydrogen (secondary N) is 1. The zero-order valence-electron chi connectivity index (χ0n) is 9.05. The SMILES string of the molecule is COCC1(C2CCCN2)CCCCO1. The lowest BCUT2D eigenvalue weighted by Crippen LogP contribution is -2.54. The normalized spacial score (nSPS) is 38.8. The average Bonchev–Trinajstić information content (AvgIpc) is 2.73. The lowest BCUT2D eigenvalue weighted by atomic mass is 9.86. The van der Waals surface area contributed by atoms with E-state index in [-0.39, 0.29) is 5.60 Å². The van der Waals surface area contributed by atoms with Gasteiger partial charge in [0.2, 0.25) is 0 Å². The highest BCUT2D eigenvalue weighted by Gasteiger charge is 2.42. The summed E-state index contributed by atoms with van der Waals surface area (Å²) in [7, 11) is 1.77. The maximum atomic E-state index is 6.00. The Hall–Kier alpha value is -0.120. The van der Waals surface area contributed by atoms with Crippen LogP contribution < -0.4 is 5.32 Å². The fourth-order valence-corrected chi connectivity index (χ4v) is 2.74. The molecule has 2 atom stereocenters. The van der Waals surface area contributed by atoms with E-state index in [1.165, 1.54) is 25.7 Å². The first-order valence-corrected chi connectivity index (χ1v) is 5.74. The van der Waals surface area contributed by atoms with Crippen LogP contribution in [0, 0.1) is 0 Å². The third-order valence-corrected chi connectivity index (χ3v) is 3.47. The Morgan fingerprint density at radius 1 is 1.43 bits per heavy atom. The third kappa shape index (κ3) is 1.95. The van der Waals surface area contributed by atoms with Crippen LogP contribution in [-0.2, 0) is 9.47 Å². The van der Waals surface area contributed by atoms with E-state index in [1.807, 2.05) is 0 Å². The third-order valence-electron chi connectivity index (χ3n) is 3.47. The fourth-order valence-electron chi connectivity index (χ4n) is 2.74. The van der Waals surface area contributed by atoms with Crippen LogP contribution in [0.5, 0.6) is 0 Å². The van der Waals surface area contributed by atoms with Gasteiger partial charge in [0.1, 0.15) is 5.60 Å². The van der Waals surface area contributed by atoms with E-state index in [9.17, 15) is 0 Å². The predicted molar refractivity (Wildman–Crippen MR) is 55.4 cm³/mol. The lowest BCUT2D eigenvalue weighted by Gasteiger charge is -2.41. The topological polar surface area (TPSA) is 30.5 Å². The fraction of sp³-hybridized carbons (Fsp3) is 1.00. The first kappa shape index (κ1) is 10.4. The quantitative estimate of drug-likeness (QED) is 0.743. The van der Waals surface area contributed by atoms with Gasteiger partial charge in [-0.15, -0.1) is 0 Å². The molecule has 2 aliphatic rings. The molecule has 2 unspecified atom stereocenters. The highest BCUT2D eigenvalue weighted by molar-refractivity contribution is 4.97. The molecule has 14 heavy (non-hydrogen) atoms. The molecule has 0 aliphatic carbocycles. The van der Waals surface area contributed by atoms with Crippen LogP contribution in [0.3, 0.4) is 0 Å². The first-order valence-electron chi connectivity index (χ1n) is 5.74. The minimum Gasteiger partial charge on any atom is -0.382 e. The van der Waals surface area contributed by atoms with Crippen molar-refractivity contribution in [3.63, 3.8) is 0 Å². The van der Waals surface area contributed by atoms with Gasteiger partial charge in [0, 0.05) is 19.8 Å². The second kappa shape index (κ2) is 4.60. The number of methoxy groups -OCH3 is 1. The van der Waals surface area contributed by atoms with Gasteiger partial charge in [-0.3, -0.25) is 0 Å². The molecule has 0 aromatic carbocycles. The molecule has 2 rings (SSSR count). The maximum absolute atomic E-state index is 6.00. The van der Waals surface area contributed by atoms with E-state index >= 15 is 0 Å². The molecule has 3 nitrogen and oxygen atoms in total. The highest BCUT2D eigenvalue weighted by Crippen LogP contribution is 2.32. The molecule has 0 radical (unpaired) electrons. The van der Waals surface area contributed by atoms with Gasteiger partial charge in [-0.1, -0.05) is 0 Å². The van der Waals surface area contributed by atoms with Crippen LogP contribution in [0.2, 0.25) is 0 Å². The van der Waals surface area contributed by atoms with Crippen LogP contribution in [0.25, 0.3) is 0 Å². The molecule has 82 valence electrons. The van der Waals surface area contributed by atoms with Crippen molar-refractivity contribution < 1.29 is 9.47 Å². The number of ether oxygens (including phenoxy) is 2. The van der Waals surface area contributed by atoms with Crippen LogP contribution in [0.4, 0.5) is 0 Å². The van der Waals surface area contributed by atoms with Gasteiger partial charge in [0.05, 0.1) is 6.61 Å². The molecular formula is C11H21NO2. The molecule has 2 saturated heterocycles. The van der Waals surface area contributed by atoms with Gasteiger partial charge in [-0.2, -0.15) is 0 Å². The average molecular weight is 199 g/mol. The van der Waals surface area contributed by atoms with E-state index in [1.54, 1.807) is 7.11 Å². The van der Waals surface area contributed by atoms with Crippen molar-refractivity contribution in [3.05, 3.63) is 0 Å². The highest BCUT2D eigenvalue weighted by atomic mass is 16.5. The van der Waals surface area contributed by atoms with Crippen LogP contribution in [0.15, 0.2) is 0 Å². The summed E-state index contributed by atoms with van der Waals surface area (Å²) in [6.45, 7) is 2.78. The van der Waals surface area contributed by atoms with Crippen LogP contribution >= 0.6 is 0 Å². The predicted octanol–water partition coefficient (Wildman–Crippen LogP) is 1.32. The summed E-state index contributed by atoms with van der Waals surface area (Å²) in [4.78, 5) is 0. The minimum atomic E-state index is -0.0243. The lowest BCUT2D eigenvalue weighted by molar-refractivity contribution is -0.132. The van der Waals surface area contributed by atoms with Gasteiger partial charge in [0.15, 0.2) is 0 Å². The second-order valence-corrected chi connectivity index (χ2v) is 4.45. The Bertz CT molecular complexity index is 167. The molecule has 0 saturated carbocycles. The Balaban J connectivity index is 2.02. The second-order valence-electron chi connectivity index (χ2n) is 4.45. The van der Waals surface area contributed by atoms with Crippen LogP contribution in [-0.4, -0.2) is 38.5 Å². The monoisotopic (exact) mass is 199 g/mol. The maximum Gasteiger partial charge on any atom is 0.107 e. The zero-order chi connectivity index (χ0) is 9.86. The van der Waals surface area contributed by atoms with Gasteiger partial charge in [-0.05, 0) is 38.6 Å². The molecule has 3 heteroatoms. The van der Waals surface area contributed by atoms with Crippen molar-refractivity contribution >= 4 is 0 Å². The largest absolute Gasteiger partial charge is 0.382 e. The summed E-state index contributed by atoms with van der Waals surface area (Å²) in [5, 5.41) is 3.55. The summed E-state index contributed by atoms with van der Waals surface area (Å²) in [6, 6.07) is 0.516. The molecule has 2 aliphatic heterocycles. The Kier molecular flexibility index (Phi) is 3.42. The molecule has 0 aromatic rings. The molecule has 0 aromatic heterocycles. The van der Waals surface area contributed by atoms with E-state index in [2.05, 4.69) is 5.32 Å². The van der Waals surface area contributed by atoms with Gasteiger partial charge < -0.3 is 14.8 Å². The number of rotatable bonds is 3. The number of hydrogen-bond acceptors (Lipinski definition) is 3. The Morgan fingerprint density at radius 3 is 2.93 bits per heavy atom. The molecule has 2 fully saturated rings. The van der Waals surface area contributed by atoms with Crippen molar-refractivity contribution in [2.75, 3.05) is 26.9 Å². The Labute approximate surface area is 86.2 Å². The molecule has 0 bridgehead atoms. The van der Waals surface area contributed by atoms with Crippen LogP contribution in [0.1, 0.15) is 32.1 Å². The first-order chi connectivity index (χ1) is 6.87. The molecule has 1 N–H and O–H groups in total. The summed E-state index contributed by atoms with van der Waals surface area (Å²) in [5.74, 6) is 0.